The minimum Gasteiger partial charge on any atom is -0.368 e. The third-order valence-corrected chi connectivity index (χ3v) is 3.94. The van der Waals surface area contributed by atoms with Gasteiger partial charge >= 0.3 is 0 Å². The van der Waals surface area contributed by atoms with Crippen LogP contribution in [0.15, 0.2) is 18.2 Å². The summed E-state index contributed by atoms with van der Waals surface area (Å²) in [5, 5.41) is 0. The van der Waals surface area contributed by atoms with Gasteiger partial charge in [-0.1, -0.05) is 6.07 Å². The van der Waals surface area contributed by atoms with E-state index in [-0.39, 0.29) is 5.82 Å². The molecule has 100 valence electrons. The molecule has 0 aromatic heterocycles. The standard InChI is InChI=1S/C14H20ClFN2/c1-17(2)12-4-3-7-18(10-12)14-6-5-11(9-15)8-13(14)16/h5-6,8,12H,3-4,7,9-10H2,1-2H3. The van der Waals surface area contributed by atoms with Crippen LogP contribution in [-0.4, -0.2) is 38.1 Å². The van der Waals surface area contributed by atoms with Crippen LogP contribution in [-0.2, 0) is 5.88 Å². The average Bonchev–Trinajstić information content (AvgIpc) is 2.38. The highest BCUT2D eigenvalue weighted by Gasteiger charge is 2.23. The summed E-state index contributed by atoms with van der Waals surface area (Å²) in [6.45, 7) is 1.83. The van der Waals surface area contributed by atoms with Crippen molar-refractivity contribution >= 4 is 17.3 Å². The average molecular weight is 271 g/mol. The second-order valence-corrected chi connectivity index (χ2v) is 5.39. The fourth-order valence-corrected chi connectivity index (χ4v) is 2.65. The lowest BCUT2D eigenvalue weighted by Gasteiger charge is -2.37. The van der Waals surface area contributed by atoms with E-state index < -0.39 is 0 Å². The van der Waals surface area contributed by atoms with E-state index in [2.05, 4.69) is 23.9 Å². The highest BCUT2D eigenvalue weighted by Crippen LogP contribution is 2.25. The molecule has 2 nitrogen and oxygen atoms in total. The van der Waals surface area contributed by atoms with Gasteiger partial charge in [-0.05, 0) is 44.6 Å². The zero-order valence-corrected chi connectivity index (χ0v) is 11.8. The lowest BCUT2D eigenvalue weighted by atomic mass is 10.0. The smallest absolute Gasteiger partial charge is 0.146 e. The molecule has 0 spiro atoms. The monoisotopic (exact) mass is 270 g/mol. The molecule has 1 aliphatic heterocycles. The molecule has 0 aliphatic carbocycles. The summed E-state index contributed by atoms with van der Waals surface area (Å²) in [5.74, 6) is 0.199. The number of likely N-dealkylation sites (N-methyl/N-ethyl adjacent to an activating group) is 1. The van der Waals surface area contributed by atoms with Crippen LogP contribution in [0.4, 0.5) is 10.1 Å². The summed E-state index contributed by atoms with van der Waals surface area (Å²) in [6.07, 6.45) is 2.30. The Morgan fingerprint density at radius 2 is 2.22 bits per heavy atom. The maximum atomic E-state index is 14.0. The molecule has 0 saturated carbocycles. The van der Waals surface area contributed by atoms with Crippen LogP contribution in [0.1, 0.15) is 18.4 Å². The maximum absolute atomic E-state index is 14.0. The van der Waals surface area contributed by atoms with Gasteiger partial charge < -0.3 is 9.80 Å². The Kier molecular flexibility index (Phi) is 4.46. The Morgan fingerprint density at radius 1 is 1.44 bits per heavy atom. The van der Waals surface area contributed by atoms with Gasteiger partial charge in [0.25, 0.3) is 0 Å². The molecule has 1 aromatic rings. The number of hydrogen-bond donors (Lipinski definition) is 0. The Bertz CT molecular complexity index is 409. The molecule has 1 aliphatic rings. The van der Waals surface area contributed by atoms with E-state index in [0.717, 1.165) is 25.1 Å². The van der Waals surface area contributed by atoms with Crippen LogP contribution in [0.5, 0.6) is 0 Å². The lowest BCUT2D eigenvalue weighted by Crippen LogP contribution is -2.45. The molecule has 0 N–H and O–H groups in total. The van der Waals surface area contributed by atoms with Crippen molar-refractivity contribution in [3.8, 4) is 0 Å². The van der Waals surface area contributed by atoms with Gasteiger partial charge in [0.2, 0.25) is 0 Å². The van der Waals surface area contributed by atoms with Gasteiger partial charge in [0.1, 0.15) is 5.82 Å². The number of hydrogen-bond acceptors (Lipinski definition) is 2. The summed E-state index contributed by atoms with van der Waals surface area (Å²) in [7, 11) is 4.17. The topological polar surface area (TPSA) is 6.48 Å². The SMILES string of the molecule is CN(C)C1CCCN(c2ccc(CCl)cc2F)C1. The fraction of sp³-hybridized carbons (Fsp3) is 0.571. The molecule has 1 heterocycles. The fourth-order valence-electron chi connectivity index (χ4n) is 2.49. The van der Waals surface area contributed by atoms with E-state index in [1.165, 1.54) is 6.42 Å². The van der Waals surface area contributed by atoms with Crippen molar-refractivity contribution in [2.24, 2.45) is 0 Å². The molecule has 1 saturated heterocycles. The molecule has 1 fully saturated rings. The van der Waals surface area contributed by atoms with Crippen LogP contribution >= 0.6 is 11.6 Å². The first kappa shape index (κ1) is 13.6. The highest BCUT2D eigenvalue weighted by atomic mass is 35.5. The molecule has 0 radical (unpaired) electrons. The van der Waals surface area contributed by atoms with Crippen molar-refractivity contribution in [2.45, 2.75) is 24.8 Å². The first-order valence-corrected chi connectivity index (χ1v) is 6.91. The largest absolute Gasteiger partial charge is 0.368 e. The number of rotatable bonds is 3. The molecule has 0 amide bonds. The van der Waals surface area contributed by atoms with Crippen molar-refractivity contribution in [3.05, 3.63) is 29.6 Å². The van der Waals surface area contributed by atoms with E-state index in [1.807, 2.05) is 12.1 Å². The number of anilines is 1. The van der Waals surface area contributed by atoms with E-state index in [4.69, 9.17) is 11.6 Å². The second kappa shape index (κ2) is 5.89. The summed E-state index contributed by atoms with van der Waals surface area (Å²) in [4.78, 5) is 4.36. The van der Waals surface area contributed by atoms with E-state index in [9.17, 15) is 4.39 Å². The van der Waals surface area contributed by atoms with Gasteiger partial charge in [-0.3, -0.25) is 0 Å². The van der Waals surface area contributed by atoms with Crippen molar-refractivity contribution in [1.82, 2.24) is 4.90 Å². The van der Waals surface area contributed by atoms with Crippen LogP contribution < -0.4 is 4.90 Å². The van der Waals surface area contributed by atoms with Gasteiger partial charge in [-0.2, -0.15) is 0 Å². The van der Waals surface area contributed by atoms with Crippen molar-refractivity contribution in [2.75, 3.05) is 32.1 Å². The maximum Gasteiger partial charge on any atom is 0.146 e. The van der Waals surface area contributed by atoms with Crippen LogP contribution in [0.25, 0.3) is 0 Å². The zero-order valence-electron chi connectivity index (χ0n) is 11.0. The molecule has 4 heteroatoms. The minimum atomic E-state index is -0.160. The van der Waals surface area contributed by atoms with Gasteiger partial charge in [0.15, 0.2) is 0 Å². The summed E-state index contributed by atoms with van der Waals surface area (Å²) < 4.78 is 14.0. The first-order chi connectivity index (χ1) is 8.61. The van der Waals surface area contributed by atoms with Gasteiger partial charge in [0.05, 0.1) is 5.69 Å². The third-order valence-electron chi connectivity index (χ3n) is 3.63. The van der Waals surface area contributed by atoms with Crippen molar-refractivity contribution in [1.29, 1.82) is 0 Å². The molecule has 1 atom stereocenters. The number of halogens is 2. The molecular weight excluding hydrogens is 251 g/mol. The van der Waals surface area contributed by atoms with Gasteiger partial charge in [-0.15, -0.1) is 11.6 Å². The predicted molar refractivity (Wildman–Crippen MR) is 74.9 cm³/mol. The van der Waals surface area contributed by atoms with Crippen LogP contribution in [0, 0.1) is 5.82 Å². The van der Waals surface area contributed by atoms with Crippen LogP contribution in [0.2, 0.25) is 0 Å². The number of alkyl halides is 1. The molecule has 1 aromatic carbocycles. The minimum absolute atomic E-state index is 0.160. The van der Waals surface area contributed by atoms with Crippen molar-refractivity contribution < 1.29 is 4.39 Å². The first-order valence-electron chi connectivity index (χ1n) is 6.37. The molecule has 2 rings (SSSR count). The van der Waals surface area contributed by atoms with Crippen LogP contribution in [0.3, 0.4) is 0 Å². The Labute approximate surface area is 113 Å². The van der Waals surface area contributed by atoms with E-state index in [0.29, 0.717) is 17.6 Å². The summed E-state index contributed by atoms with van der Waals surface area (Å²) in [6, 6.07) is 5.81. The summed E-state index contributed by atoms with van der Waals surface area (Å²) >= 11 is 5.71. The van der Waals surface area contributed by atoms with Gasteiger partial charge in [-0.25, -0.2) is 4.39 Å². The third kappa shape index (κ3) is 2.96. The van der Waals surface area contributed by atoms with E-state index in [1.54, 1.807) is 6.07 Å². The Morgan fingerprint density at radius 3 is 2.83 bits per heavy atom. The normalized spacial score (nSPS) is 20.5. The molecule has 1 unspecified atom stereocenters. The highest BCUT2D eigenvalue weighted by molar-refractivity contribution is 6.17. The second-order valence-electron chi connectivity index (χ2n) is 5.13. The number of nitrogens with zero attached hydrogens (tertiary/aromatic N) is 2. The van der Waals surface area contributed by atoms with E-state index >= 15 is 0 Å². The van der Waals surface area contributed by atoms with Crippen molar-refractivity contribution in [3.63, 3.8) is 0 Å². The molecule has 0 bridgehead atoms. The Hall–Kier alpha value is -0.800. The van der Waals surface area contributed by atoms with Gasteiger partial charge in [0, 0.05) is 25.0 Å². The summed E-state index contributed by atoms with van der Waals surface area (Å²) in [5.41, 5.74) is 1.54. The zero-order chi connectivity index (χ0) is 13.1. The lowest BCUT2D eigenvalue weighted by molar-refractivity contribution is 0.257. The molecule has 18 heavy (non-hydrogen) atoms. The number of benzene rings is 1. The molecular formula is C14H20ClFN2. The number of piperidine rings is 1. The quantitative estimate of drug-likeness (QED) is 0.779. The Balaban J connectivity index is 2.15. The predicted octanol–water partition coefficient (Wildman–Crippen LogP) is 3.09.